The van der Waals surface area contributed by atoms with E-state index in [9.17, 15) is 0 Å². The third kappa shape index (κ3) is 2.48. The molecule has 14 heavy (non-hydrogen) atoms. The van der Waals surface area contributed by atoms with E-state index < -0.39 is 0 Å². The lowest BCUT2D eigenvalue weighted by Crippen LogP contribution is -2.45. The first-order chi connectivity index (χ1) is 6.64. The molecule has 0 aromatic carbocycles. The lowest BCUT2D eigenvalue weighted by molar-refractivity contribution is -0.0223. The monoisotopic (exact) mass is 199 g/mol. The summed E-state index contributed by atoms with van der Waals surface area (Å²) < 4.78 is 5.43. The van der Waals surface area contributed by atoms with E-state index in [0.29, 0.717) is 5.41 Å². The third-order valence-corrected chi connectivity index (χ3v) is 3.74. The molecule has 0 saturated heterocycles. The van der Waals surface area contributed by atoms with E-state index in [1.807, 2.05) is 7.11 Å². The molecule has 0 spiro atoms. The van der Waals surface area contributed by atoms with Crippen LogP contribution in [-0.4, -0.2) is 39.3 Å². The van der Waals surface area contributed by atoms with Crippen LogP contribution in [-0.2, 0) is 4.74 Å². The van der Waals surface area contributed by atoms with Gasteiger partial charge in [-0.25, -0.2) is 0 Å². The van der Waals surface area contributed by atoms with E-state index in [0.717, 1.165) is 12.5 Å². The zero-order valence-electron chi connectivity index (χ0n) is 10.2. The summed E-state index contributed by atoms with van der Waals surface area (Å²) in [6.45, 7) is 4.40. The number of methoxy groups -OCH3 is 1. The van der Waals surface area contributed by atoms with Crippen LogP contribution >= 0.6 is 0 Å². The molecule has 1 aliphatic carbocycles. The van der Waals surface area contributed by atoms with Crippen molar-refractivity contribution in [3.63, 3.8) is 0 Å². The summed E-state index contributed by atoms with van der Waals surface area (Å²) in [7, 11) is 6.16. The van der Waals surface area contributed by atoms with Crippen molar-refractivity contribution in [3.8, 4) is 0 Å². The summed E-state index contributed by atoms with van der Waals surface area (Å²) in [6, 6.07) is 0. The molecule has 1 rings (SSSR count). The minimum atomic E-state index is 0.413. The van der Waals surface area contributed by atoms with E-state index in [1.54, 1.807) is 0 Å². The summed E-state index contributed by atoms with van der Waals surface area (Å²) in [6.07, 6.45) is 5.48. The highest BCUT2D eigenvalue weighted by Gasteiger charge is 2.40. The summed E-state index contributed by atoms with van der Waals surface area (Å²) in [5, 5.41) is 0. The number of ether oxygens (including phenoxy) is 1. The molecule has 84 valence electrons. The molecule has 1 fully saturated rings. The topological polar surface area (TPSA) is 12.5 Å². The van der Waals surface area contributed by atoms with E-state index >= 15 is 0 Å². The van der Waals surface area contributed by atoms with Gasteiger partial charge in [-0.05, 0) is 39.3 Å². The molecule has 0 radical (unpaired) electrons. The Bertz CT molecular complexity index is 166. The summed E-state index contributed by atoms with van der Waals surface area (Å²) in [5.41, 5.74) is 0.413. The molecule has 2 nitrogen and oxygen atoms in total. The highest BCUT2D eigenvalue weighted by Crippen LogP contribution is 2.44. The third-order valence-electron chi connectivity index (χ3n) is 3.74. The highest BCUT2D eigenvalue weighted by molar-refractivity contribution is 4.91. The Kier molecular flexibility index (Phi) is 4.39. The van der Waals surface area contributed by atoms with Gasteiger partial charge < -0.3 is 9.64 Å². The van der Waals surface area contributed by atoms with Crippen molar-refractivity contribution in [2.24, 2.45) is 11.3 Å². The van der Waals surface area contributed by atoms with Crippen LogP contribution < -0.4 is 0 Å². The summed E-state index contributed by atoms with van der Waals surface area (Å²) in [4.78, 5) is 2.31. The molecule has 1 atom stereocenters. The first-order valence-electron chi connectivity index (χ1n) is 5.78. The molecular formula is C12H25NO. The molecule has 0 heterocycles. The van der Waals surface area contributed by atoms with Gasteiger partial charge in [-0.1, -0.05) is 13.3 Å². The standard InChI is InChI=1S/C12H25NO/c1-5-12(10-14-4,9-13(2)3)11-7-6-8-11/h11H,5-10H2,1-4H3. The van der Waals surface area contributed by atoms with Crippen molar-refractivity contribution in [2.75, 3.05) is 34.4 Å². The zero-order valence-corrected chi connectivity index (χ0v) is 10.2. The van der Waals surface area contributed by atoms with Gasteiger partial charge in [0.25, 0.3) is 0 Å². The fourth-order valence-electron chi connectivity index (χ4n) is 2.73. The van der Waals surface area contributed by atoms with Crippen molar-refractivity contribution < 1.29 is 4.74 Å². The smallest absolute Gasteiger partial charge is 0.0533 e. The maximum atomic E-state index is 5.43. The highest BCUT2D eigenvalue weighted by atomic mass is 16.5. The Labute approximate surface area is 88.6 Å². The van der Waals surface area contributed by atoms with E-state index in [1.165, 1.54) is 32.2 Å². The molecule has 0 aromatic heterocycles. The maximum absolute atomic E-state index is 5.43. The van der Waals surface area contributed by atoms with Gasteiger partial charge >= 0.3 is 0 Å². The van der Waals surface area contributed by atoms with Crippen molar-refractivity contribution in [1.29, 1.82) is 0 Å². The van der Waals surface area contributed by atoms with Crippen LogP contribution in [0.2, 0.25) is 0 Å². The molecule has 0 aromatic rings. The van der Waals surface area contributed by atoms with Gasteiger partial charge in [-0.15, -0.1) is 0 Å². The molecule has 1 aliphatic rings. The van der Waals surface area contributed by atoms with Crippen molar-refractivity contribution in [2.45, 2.75) is 32.6 Å². The van der Waals surface area contributed by atoms with Crippen LogP contribution in [0, 0.1) is 11.3 Å². The van der Waals surface area contributed by atoms with Crippen LogP contribution in [0.15, 0.2) is 0 Å². The summed E-state index contributed by atoms with van der Waals surface area (Å²) >= 11 is 0. The second-order valence-corrected chi connectivity index (χ2v) is 5.01. The molecule has 1 saturated carbocycles. The van der Waals surface area contributed by atoms with E-state index in [-0.39, 0.29) is 0 Å². The van der Waals surface area contributed by atoms with Gasteiger partial charge in [0, 0.05) is 19.1 Å². The SMILES string of the molecule is CCC(COC)(CN(C)C)C1CCC1. The number of hydrogen-bond acceptors (Lipinski definition) is 2. The average molecular weight is 199 g/mol. The molecule has 0 bridgehead atoms. The number of rotatable bonds is 6. The van der Waals surface area contributed by atoms with Gasteiger partial charge in [0.1, 0.15) is 0 Å². The largest absolute Gasteiger partial charge is 0.384 e. The molecule has 0 amide bonds. The van der Waals surface area contributed by atoms with Crippen LogP contribution in [0.4, 0.5) is 0 Å². The van der Waals surface area contributed by atoms with Crippen molar-refractivity contribution in [1.82, 2.24) is 4.90 Å². The van der Waals surface area contributed by atoms with Crippen molar-refractivity contribution in [3.05, 3.63) is 0 Å². The molecule has 1 unspecified atom stereocenters. The minimum absolute atomic E-state index is 0.413. The average Bonchev–Trinajstić information content (AvgIpc) is 2.00. The quantitative estimate of drug-likeness (QED) is 0.651. The van der Waals surface area contributed by atoms with Crippen LogP contribution in [0.5, 0.6) is 0 Å². The Hall–Kier alpha value is -0.0800. The minimum Gasteiger partial charge on any atom is -0.384 e. The second kappa shape index (κ2) is 5.13. The van der Waals surface area contributed by atoms with E-state index in [2.05, 4.69) is 25.9 Å². The molecule has 0 N–H and O–H groups in total. The van der Waals surface area contributed by atoms with Gasteiger partial charge in [0.2, 0.25) is 0 Å². The Balaban J connectivity index is 2.62. The van der Waals surface area contributed by atoms with Gasteiger partial charge in [-0.2, -0.15) is 0 Å². The van der Waals surface area contributed by atoms with Crippen LogP contribution in [0.25, 0.3) is 0 Å². The number of nitrogens with zero attached hydrogens (tertiary/aromatic N) is 1. The first-order valence-corrected chi connectivity index (χ1v) is 5.78. The second-order valence-electron chi connectivity index (χ2n) is 5.01. The predicted molar refractivity (Wildman–Crippen MR) is 60.5 cm³/mol. The van der Waals surface area contributed by atoms with Gasteiger partial charge in [-0.3, -0.25) is 0 Å². The Morgan fingerprint density at radius 3 is 2.29 bits per heavy atom. The fourth-order valence-corrected chi connectivity index (χ4v) is 2.73. The van der Waals surface area contributed by atoms with Gasteiger partial charge in [0.05, 0.1) is 6.61 Å². The fraction of sp³-hybridized carbons (Fsp3) is 1.00. The summed E-state index contributed by atoms with van der Waals surface area (Å²) in [5.74, 6) is 0.898. The maximum Gasteiger partial charge on any atom is 0.0533 e. The molecular weight excluding hydrogens is 174 g/mol. The Morgan fingerprint density at radius 2 is 2.00 bits per heavy atom. The zero-order chi connectivity index (χ0) is 10.6. The van der Waals surface area contributed by atoms with Gasteiger partial charge in [0.15, 0.2) is 0 Å². The van der Waals surface area contributed by atoms with Crippen LogP contribution in [0.1, 0.15) is 32.6 Å². The normalized spacial score (nSPS) is 22.1. The number of hydrogen-bond donors (Lipinski definition) is 0. The predicted octanol–water partition coefficient (Wildman–Crippen LogP) is 2.39. The first kappa shape index (κ1) is 12.0. The Morgan fingerprint density at radius 1 is 1.36 bits per heavy atom. The molecule has 0 aliphatic heterocycles. The molecule has 2 heteroatoms. The van der Waals surface area contributed by atoms with E-state index in [4.69, 9.17) is 4.74 Å². The van der Waals surface area contributed by atoms with Crippen LogP contribution in [0.3, 0.4) is 0 Å². The lowest BCUT2D eigenvalue weighted by Gasteiger charge is -2.46. The lowest BCUT2D eigenvalue weighted by atomic mass is 9.64. The van der Waals surface area contributed by atoms with Crippen molar-refractivity contribution >= 4 is 0 Å².